The van der Waals surface area contributed by atoms with Gasteiger partial charge in [-0.25, -0.2) is 0 Å². The fourth-order valence-electron chi connectivity index (χ4n) is 6.02. The summed E-state index contributed by atoms with van der Waals surface area (Å²) >= 11 is 0. The molecule has 8 rings (SSSR count). The summed E-state index contributed by atoms with van der Waals surface area (Å²) in [5.74, 6) is 0. The van der Waals surface area contributed by atoms with Gasteiger partial charge in [-0.3, -0.25) is 0 Å². The molecule has 0 spiro atoms. The molecule has 0 atom stereocenters. The number of nitrogens with zero attached hydrogens (tertiary/aromatic N) is 1. The summed E-state index contributed by atoms with van der Waals surface area (Å²) in [6.45, 7) is 0. The third-order valence-electron chi connectivity index (χ3n) is 7.75. The molecule has 1 aromatic heterocycles. The Bertz CT molecular complexity index is 2130. The zero-order valence-electron chi connectivity index (χ0n) is 20.2. The second-order valence-electron chi connectivity index (χ2n) is 9.81. The van der Waals surface area contributed by atoms with Gasteiger partial charge in [0.2, 0.25) is 0 Å². The maximum Gasteiger partial charge on any atom is 0.0547 e. The van der Waals surface area contributed by atoms with E-state index in [-0.39, 0.29) is 0 Å². The fourth-order valence-corrected chi connectivity index (χ4v) is 6.02. The van der Waals surface area contributed by atoms with Crippen LogP contribution in [-0.2, 0) is 0 Å². The molecule has 1 nitrogen and oxygen atoms in total. The first-order valence-electron chi connectivity index (χ1n) is 12.8. The molecular formula is C36H23N. The largest absolute Gasteiger partial charge is 0.309 e. The molecule has 0 unspecified atom stereocenters. The minimum Gasteiger partial charge on any atom is -0.309 e. The van der Waals surface area contributed by atoms with Crippen molar-refractivity contribution in [3.8, 4) is 16.8 Å². The van der Waals surface area contributed by atoms with E-state index in [2.05, 4.69) is 144 Å². The van der Waals surface area contributed by atoms with Crippen LogP contribution in [-0.4, -0.2) is 4.57 Å². The van der Waals surface area contributed by atoms with Crippen molar-refractivity contribution in [2.45, 2.75) is 0 Å². The Morgan fingerprint density at radius 1 is 0.351 bits per heavy atom. The molecule has 0 radical (unpaired) electrons. The van der Waals surface area contributed by atoms with Crippen molar-refractivity contribution in [2.75, 3.05) is 0 Å². The van der Waals surface area contributed by atoms with Crippen LogP contribution in [0, 0.1) is 0 Å². The van der Waals surface area contributed by atoms with Crippen LogP contribution in [0.1, 0.15) is 0 Å². The van der Waals surface area contributed by atoms with E-state index in [1.54, 1.807) is 0 Å². The monoisotopic (exact) mass is 469 g/mol. The van der Waals surface area contributed by atoms with Gasteiger partial charge in [-0.05, 0) is 79.8 Å². The Hall–Kier alpha value is -4.88. The Morgan fingerprint density at radius 2 is 0.946 bits per heavy atom. The minimum atomic E-state index is 1.19. The first kappa shape index (κ1) is 20.3. The van der Waals surface area contributed by atoms with E-state index in [0.29, 0.717) is 0 Å². The third kappa shape index (κ3) is 3.04. The van der Waals surface area contributed by atoms with Crippen LogP contribution in [0.5, 0.6) is 0 Å². The standard InChI is InChI=1S/C36H23N/c1-2-9-29(10-3-1)37-34-13-7-6-12-33(34)36-32-20-17-26(23-28(32)18-21-35(36)37)25-16-19-31-27(22-25)15-14-24-8-4-5-11-30(24)31/h1-23H. The summed E-state index contributed by atoms with van der Waals surface area (Å²) < 4.78 is 2.38. The first-order chi connectivity index (χ1) is 18.3. The quantitative estimate of drug-likeness (QED) is 0.222. The summed E-state index contributed by atoms with van der Waals surface area (Å²) in [7, 11) is 0. The van der Waals surface area contributed by atoms with E-state index < -0.39 is 0 Å². The Labute approximate surface area is 214 Å². The second kappa shape index (κ2) is 7.81. The Morgan fingerprint density at radius 3 is 1.78 bits per heavy atom. The average molecular weight is 470 g/mol. The van der Waals surface area contributed by atoms with Crippen LogP contribution in [0.2, 0.25) is 0 Å². The number of para-hydroxylation sites is 2. The van der Waals surface area contributed by atoms with E-state index in [0.717, 1.165) is 0 Å². The normalized spacial score (nSPS) is 11.8. The van der Waals surface area contributed by atoms with Gasteiger partial charge >= 0.3 is 0 Å². The van der Waals surface area contributed by atoms with Crippen molar-refractivity contribution >= 4 is 54.1 Å². The van der Waals surface area contributed by atoms with Crippen molar-refractivity contribution in [1.29, 1.82) is 0 Å². The summed E-state index contributed by atoms with van der Waals surface area (Å²) in [4.78, 5) is 0. The van der Waals surface area contributed by atoms with E-state index in [1.807, 2.05) is 0 Å². The lowest BCUT2D eigenvalue weighted by atomic mass is 9.95. The van der Waals surface area contributed by atoms with E-state index >= 15 is 0 Å². The number of hydrogen-bond acceptors (Lipinski definition) is 0. The molecule has 0 aliphatic heterocycles. The van der Waals surface area contributed by atoms with Crippen LogP contribution in [0.3, 0.4) is 0 Å². The van der Waals surface area contributed by atoms with Gasteiger partial charge in [0.15, 0.2) is 0 Å². The maximum absolute atomic E-state index is 2.38. The molecular weight excluding hydrogens is 446 g/mol. The van der Waals surface area contributed by atoms with Gasteiger partial charge < -0.3 is 4.57 Å². The molecule has 1 heteroatoms. The highest BCUT2D eigenvalue weighted by atomic mass is 15.0. The Balaban J connectivity index is 1.34. The van der Waals surface area contributed by atoms with Gasteiger partial charge in [0, 0.05) is 16.5 Å². The topological polar surface area (TPSA) is 4.93 Å². The minimum absolute atomic E-state index is 1.19. The number of fused-ring (bicyclic) bond motifs is 8. The van der Waals surface area contributed by atoms with E-state index in [4.69, 9.17) is 0 Å². The smallest absolute Gasteiger partial charge is 0.0547 e. The van der Waals surface area contributed by atoms with E-state index in [1.165, 1.54) is 70.9 Å². The lowest BCUT2D eigenvalue weighted by Crippen LogP contribution is -1.92. The zero-order valence-corrected chi connectivity index (χ0v) is 20.2. The molecule has 0 fully saturated rings. The van der Waals surface area contributed by atoms with Gasteiger partial charge in [0.25, 0.3) is 0 Å². The SMILES string of the molecule is c1ccc(-n2c3ccccc3c3c4ccc(-c5ccc6c(ccc7ccccc76)c5)cc4ccc32)cc1. The highest BCUT2D eigenvalue weighted by Gasteiger charge is 2.15. The molecule has 0 saturated heterocycles. The third-order valence-corrected chi connectivity index (χ3v) is 7.75. The van der Waals surface area contributed by atoms with Gasteiger partial charge in [0.05, 0.1) is 11.0 Å². The van der Waals surface area contributed by atoms with Crippen molar-refractivity contribution in [3.63, 3.8) is 0 Å². The number of aromatic nitrogens is 1. The van der Waals surface area contributed by atoms with Crippen LogP contribution in [0.15, 0.2) is 140 Å². The molecule has 0 N–H and O–H groups in total. The van der Waals surface area contributed by atoms with Crippen molar-refractivity contribution in [2.24, 2.45) is 0 Å². The summed E-state index contributed by atoms with van der Waals surface area (Å²) in [6.07, 6.45) is 0. The van der Waals surface area contributed by atoms with Crippen LogP contribution in [0.25, 0.3) is 70.9 Å². The molecule has 8 aromatic rings. The van der Waals surface area contributed by atoms with Crippen molar-refractivity contribution < 1.29 is 0 Å². The average Bonchev–Trinajstić information content (AvgIpc) is 3.32. The maximum atomic E-state index is 2.38. The molecule has 0 aliphatic carbocycles. The fraction of sp³-hybridized carbons (Fsp3) is 0. The number of hydrogen-bond donors (Lipinski definition) is 0. The molecule has 7 aromatic carbocycles. The van der Waals surface area contributed by atoms with Gasteiger partial charge in [0.1, 0.15) is 0 Å². The Kier molecular flexibility index (Phi) is 4.29. The van der Waals surface area contributed by atoms with Gasteiger partial charge in [-0.15, -0.1) is 0 Å². The molecule has 172 valence electrons. The molecule has 0 amide bonds. The lowest BCUT2D eigenvalue weighted by molar-refractivity contribution is 1.18. The number of rotatable bonds is 2. The molecule has 0 aliphatic rings. The summed E-state index contributed by atoms with van der Waals surface area (Å²) in [5, 5.41) is 10.3. The van der Waals surface area contributed by atoms with Crippen LogP contribution >= 0.6 is 0 Å². The van der Waals surface area contributed by atoms with Crippen molar-refractivity contribution in [3.05, 3.63) is 140 Å². The highest BCUT2D eigenvalue weighted by molar-refractivity contribution is 6.21. The van der Waals surface area contributed by atoms with E-state index in [9.17, 15) is 0 Å². The molecule has 37 heavy (non-hydrogen) atoms. The van der Waals surface area contributed by atoms with Gasteiger partial charge in [-0.2, -0.15) is 0 Å². The second-order valence-corrected chi connectivity index (χ2v) is 9.81. The first-order valence-corrected chi connectivity index (χ1v) is 12.8. The summed E-state index contributed by atoms with van der Waals surface area (Å²) in [6, 6.07) is 50.8. The lowest BCUT2D eigenvalue weighted by Gasteiger charge is -2.10. The van der Waals surface area contributed by atoms with Crippen LogP contribution in [0.4, 0.5) is 0 Å². The molecule has 0 saturated carbocycles. The highest BCUT2D eigenvalue weighted by Crippen LogP contribution is 2.38. The predicted molar refractivity (Wildman–Crippen MR) is 159 cm³/mol. The van der Waals surface area contributed by atoms with Crippen molar-refractivity contribution in [1.82, 2.24) is 4.57 Å². The van der Waals surface area contributed by atoms with Gasteiger partial charge in [-0.1, -0.05) is 103 Å². The summed E-state index contributed by atoms with van der Waals surface area (Å²) in [5.41, 5.74) is 6.16. The van der Waals surface area contributed by atoms with Crippen LogP contribution < -0.4 is 0 Å². The predicted octanol–water partition coefficient (Wildman–Crippen LogP) is 9.91. The molecule has 1 heterocycles. The number of benzene rings is 7. The zero-order chi connectivity index (χ0) is 24.3. The molecule has 0 bridgehead atoms.